The number of fused-ring (bicyclic) bond motifs is 1. The van der Waals surface area contributed by atoms with Gasteiger partial charge in [0, 0.05) is 27.9 Å². The fraction of sp³-hybridized carbons (Fsp3) is 0.148. The van der Waals surface area contributed by atoms with E-state index in [2.05, 4.69) is 10.6 Å². The SMILES string of the molecule is N=C(N)c1ccc(C(=O)Nc2ccc3c(c2)C(=O)N(C(CC(=O)O)Cc2ccc(Cl)cc2)CC(=O)N3)cc1. The summed E-state index contributed by atoms with van der Waals surface area (Å²) in [5.41, 5.74) is 7.68. The van der Waals surface area contributed by atoms with Gasteiger partial charge in [0.2, 0.25) is 5.91 Å². The van der Waals surface area contributed by atoms with Crippen molar-refractivity contribution in [2.75, 3.05) is 17.2 Å². The van der Waals surface area contributed by atoms with Gasteiger partial charge in [-0.1, -0.05) is 35.9 Å². The summed E-state index contributed by atoms with van der Waals surface area (Å²) in [5, 5.41) is 22.9. The molecular formula is C27H24ClN5O5. The zero-order valence-corrected chi connectivity index (χ0v) is 20.8. The van der Waals surface area contributed by atoms with Crippen LogP contribution in [0.4, 0.5) is 11.4 Å². The monoisotopic (exact) mass is 533 g/mol. The first kappa shape index (κ1) is 26.4. The first-order valence-corrected chi connectivity index (χ1v) is 12.0. The van der Waals surface area contributed by atoms with Crippen LogP contribution < -0.4 is 16.4 Å². The second-order valence-corrected chi connectivity index (χ2v) is 9.21. The molecule has 0 saturated carbocycles. The van der Waals surface area contributed by atoms with E-state index in [1.807, 2.05) is 0 Å². The molecule has 194 valence electrons. The molecule has 3 amide bonds. The third kappa shape index (κ3) is 6.16. The minimum absolute atomic E-state index is 0.118. The molecule has 1 unspecified atom stereocenters. The molecule has 1 aliphatic heterocycles. The number of nitrogen functional groups attached to an aromatic ring is 1. The van der Waals surface area contributed by atoms with E-state index in [0.717, 1.165) is 5.56 Å². The zero-order chi connectivity index (χ0) is 27.4. The van der Waals surface area contributed by atoms with E-state index in [4.69, 9.17) is 22.7 Å². The van der Waals surface area contributed by atoms with Crippen molar-refractivity contribution in [3.8, 4) is 0 Å². The van der Waals surface area contributed by atoms with Gasteiger partial charge >= 0.3 is 5.97 Å². The summed E-state index contributed by atoms with van der Waals surface area (Å²) in [6.45, 7) is -0.330. The predicted octanol–water partition coefficient (Wildman–Crippen LogP) is 3.36. The number of carboxylic acids is 1. The molecule has 4 rings (SSSR count). The number of nitrogens with one attached hydrogen (secondary N) is 3. The van der Waals surface area contributed by atoms with Crippen LogP contribution in [0.15, 0.2) is 66.7 Å². The summed E-state index contributed by atoms with van der Waals surface area (Å²) in [5.74, 6) is -2.69. The molecule has 6 N–H and O–H groups in total. The maximum atomic E-state index is 13.6. The molecule has 1 atom stereocenters. The summed E-state index contributed by atoms with van der Waals surface area (Å²) in [6.07, 6.45) is -0.172. The number of aliphatic carboxylic acids is 1. The van der Waals surface area contributed by atoms with Crippen LogP contribution in [0.2, 0.25) is 5.02 Å². The molecule has 0 fully saturated rings. The number of hydrogen-bond acceptors (Lipinski definition) is 5. The number of anilines is 2. The Morgan fingerprint density at radius 1 is 1.05 bits per heavy atom. The van der Waals surface area contributed by atoms with Gasteiger partial charge in [-0.2, -0.15) is 0 Å². The van der Waals surface area contributed by atoms with Crippen LogP contribution in [0.5, 0.6) is 0 Å². The molecule has 0 aromatic heterocycles. The van der Waals surface area contributed by atoms with Crippen molar-refractivity contribution in [2.45, 2.75) is 18.9 Å². The van der Waals surface area contributed by atoms with Gasteiger partial charge in [0.15, 0.2) is 0 Å². The maximum Gasteiger partial charge on any atom is 0.305 e. The second kappa shape index (κ2) is 11.1. The second-order valence-electron chi connectivity index (χ2n) is 8.77. The van der Waals surface area contributed by atoms with Crippen LogP contribution in [-0.4, -0.2) is 52.1 Å². The molecule has 1 heterocycles. The predicted molar refractivity (Wildman–Crippen MR) is 143 cm³/mol. The number of amidine groups is 1. The Bertz CT molecular complexity index is 1420. The van der Waals surface area contributed by atoms with Crippen LogP contribution in [-0.2, 0) is 16.0 Å². The highest BCUT2D eigenvalue weighted by atomic mass is 35.5. The Morgan fingerprint density at radius 2 is 1.71 bits per heavy atom. The molecule has 10 nitrogen and oxygen atoms in total. The third-order valence-corrected chi connectivity index (χ3v) is 6.30. The van der Waals surface area contributed by atoms with Crippen molar-refractivity contribution >= 4 is 52.5 Å². The minimum atomic E-state index is -1.11. The van der Waals surface area contributed by atoms with Gasteiger partial charge in [0.1, 0.15) is 12.4 Å². The molecule has 3 aromatic rings. The van der Waals surface area contributed by atoms with Crippen molar-refractivity contribution in [3.05, 3.63) is 94.0 Å². The van der Waals surface area contributed by atoms with Gasteiger partial charge < -0.3 is 26.4 Å². The number of rotatable bonds is 8. The number of benzene rings is 3. The third-order valence-electron chi connectivity index (χ3n) is 6.05. The molecule has 11 heteroatoms. The van der Waals surface area contributed by atoms with Gasteiger partial charge in [0.05, 0.1) is 17.7 Å². The number of hydrogen-bond donors (Lipinski definition) is 5. The highest BCUT2D eigenvalue weighted by Crippen LogP contribution is 2.27. The summed E-state index contributed by atoms with van der Waals surface area (Å²) < 4.78 is 0. The summed E-state index contributed by atoms with van der Waals surface area (Å²) in [7, 11) is 0. The molecule has 0 radical (unpaired) electrons. The van der Waals surface area contributed by atoms with Crippen molar-refractivity contribution in [1.29, 1.82) is 5.41 Å². The van der Waals surface area contributed by atoms with Gasteiger partial charge in [-0.25, -0.2) is 0 Å². The fourth-order valence-corrected chi connectivity index (χ4v) is 4.29. The topological polar surface area (TPSA) is 166 Å². The highest BCUT2D eigenvalue weighted by Gasteiger charge is 2.33. The normalized spacial score (nSPS) is 13.7. The Balaban J connectivity index is 1.61. The molecule has 1 aliphatic rings. The molecular weight excluding hydrogens is 510 g/mol. The average Bonchev–Trinajstić information content (AvgIpc) is 3.00. The van der Waals surface area contributed by atoms with E-state index >= 15 is 0 Å². The van der Waals surface area contributed by atoms with Crippen molar-refractivity contribution in [2.24, 2.45) is 5.73 Å². The maximum absolute atomic E-state index is 13.6. The van der Waals surface area contributed by atoms with Gasteiger partial charge in [-0.05, 0) is 54.4 Å². The van der Waals surface area contributed by atoms with Crippen LogP contribution in [0.25, 0.3) is 0 Å². The Kier molecular flexibility index (Phi) is 7.73. The zero-order valence-electron chi connectivity index (χ0n) is 20.0. The highest BCUT2D eigenvalue weighted by molar-refractivity contribution is 6.30. The Hall–Kier alpha value is -4.70. The quantitative estimate of drug-likeness (QED) is 0.220. The first-order chi connectivity index (χ1) is 18.1. The van der Waals surface area contributed by atoms with Crippen molar-refractivity contribution in [1.82, 2.24) is 4.90 Å². The number of carbonyl (C=O) groups is 4. The van der Waals surface area contributed by atoms with Crippen LogP contribution in [0.3, 0.4) is 0 Å². The molecule has 0 aliphatic carbocycles. The van der Waals surface area contributed by atoms with Crippen LogP contribution in [0.1, 0.15) is 38.3 Å². The van der Waals surface area contributed by atoms with Gasteiger partial charge in [-0.3, -0.25) is 24.6 Å². The summed E-state index contributed by atoms with van der Waals surface area (Å²) in [6, 6.07) is 16.7. The van der Waals surface area contributed by atoms with E-state index in [1.165, 1.54) is 29.2 Å². The number of carboxylic acid groups (broad SMARTS) is 1. The lowest BCUT2D eigenvalue weighted by atomic mass is 10.0. The summed E-state index contributed by atoms with van der Waals surface area (Å²) >= 11 is 5.96. The number of nitrogens with two attached hydrogens (primary N) is 1. The average molecular weight is 534 g/mol. The molecule has 0 bridgehead atoms. The van der Waals surface area contributed by atoms with Gasteiger partial charge in [0.25, 0.3) is 11.8 Å². The van der Waals surface area contributed by atoms with Crippen LogP contribution >= 0.6 is 11.6 Å². The standard InChI is InChI=1S/C27H24ClN5O5/c28-18-7-1-15(2-8-18)11-20(13-24(35)36)33-14-23(34)32-22-10-9-19(12-21(22)27(33)38)31-26(37)17-5-3-16(4-6-17)25(29)30/h1-10,12,20H,11,13-14H2,(H3,29,30)(H,31,37)(H,32,34)(H,35,36). The van der Waals surface area contributed by atoms with E-state index in [-0.39, 0.29) is 36.5 Å². The van der Waals surface area contributed by atoms with Crippen LogP contribution in [0, 0.1) is 5.41 Å². The van der Waals surface area contributed by atoms with E-state index < -0.39 is 29.7 Å². The van der Waals surface area contributed by atoms with Crippen molar-refractivity contribution in [3.63, 3.8) is 0 Å². The number of halogens is 1. The lowest BCUT2D eigenvalue weighted by molar-refractivity contribution is -0.138. The van der Waals surface area contributed by atoms with E-state index in [1.54, 1.807) is 42.5 Å². The molecule has 38 heavy (non-hydrogen) atoms. The lowest BCUT2D eigenvalue weighted by Crippen LogP contribution is -2.45. The largest absolute Gasteiger partial charge is 0.481 e. The first-order valence-electron chi connectivity index (χ1n) is 11.6. The molecule has 3 aromatic carbocycles. The Morgan fingerprint density at radius 3 is 2.34 bits per heavy atom. The lowest BCUT2D eigenvalue weighted by Gasteiger charge is -2.29. The van der Waals surface area contributed by atoms with Gasteiger partial charge in [-0.15, -0.1) is 0 Å². The minimum Gasteiger partial charge on any atom is -0.481 e. The number of amides is 3. The Labute approximate surface area is 222 Å². The van der Waals surface area contributed by atoms with E-state index in [9.17, 15) is 24.3 Å². The number of carbonyl (C=O) groups excluding carboxylic acids is 3. The number of nitrogens with zero attached hydrogens (tertiary/aromatic N) is 1. The molecule has 0 saturated heterocycles. The summed E-state index contributed by atoms with van der Waals surface area (Å²) in [4.78, 5) is 51.9. The molecule has 0 spiro atoms. The van der Waals surface area contributed by atoms with Crippen molar-refractivity contribution < 1.29 is 24.3 Å². The van der Waals surface area contributed by atoms with E-state index in [0.29, 0.717) is 21.8 Å². The fourth-order valence-electron chi connectivity index (χ4n) is 4.16. The smallest absolute Gasteiger partial charge is 0.305 e.